The number of nitrogens with zero attached hydrogens (tertiary/aromatic N) is 5. The highest BCUT2D eigenvalue weighted by Crippen LogP contribution is 2.25. The molecule has 3 heterocycles. The summed E-state index contributed by atoms with van der Waals surface area (Å²) in [5.41, 5.74) is 5.96. The van der Waals surface area contributed by atoms with Crippen LogP contribution in [0.4, 0.5) is 42.4 Å². The number of amides is 1. The summed E-state index contributed by atoms with van der Waals surface area (Å²) >= 11 is 17.0. The second kappa shape index (κ2) is 19.6. The van der Waals surface area contributed by atoms with Crippen LogP contribution in [0.25, 0.3) is 0 Å². The van der Waals surface area contributed by atoms with Gasteiger partial charge in [-0.05, 0) is 82.9 Å². The Balaban J connectivity index is 0.000000189. The zero-order valence-corrected chi connectivity index (χ0v) is 31.6. The fraction of sp³-hybridized carbons (Fsp3) is 0.417. The lowest BCUT2D eigenvalue weighted by molar-refractivity contribution is 0.0206. The van der Waals surface area contributed by atoms with Gasteiger partial charge in [0, 0.05) is 48.7 Å². The van der Waals surface area contributed by atoms with Gasteiger partial charge in [0.1, 0.15) is 52.5 Å². The minimum Gasteiger partial charge on any atom is -0.444 e. The molecule has 6 rings (SSSR count). The van der Waals surface area contributed by atoms with Crippen LogP contribution in [0.2, 0.25) is 15.2 Å². The summed E-state index contributed by atoms with van der Waals surface area (Å²) in [5.74, 6) is 1.25. The zero-order valence-electron chi connectivity index (χ0n) is 29.3. The van der Waals surface area contributed by atoms with E-state index in [-0.39, 0.29) is 22.2 Å². The maximum Gasteiger partial charge on any atom is 0.410 e. The minimum atomic E-state index is -0.475. The van der Waals surface area contributed by atoms with Gasteiger partial charge in [0.05, 0.1) is 10.0 Å². The number of aromatic nitrogens is 4. The van der Waals surface area contributed by atoms with Crippen LogP contribution in [-0.4, -0.2) is 61.7 Å². The third-order valence-electron chi connectivity index (χ3n) is 7.82. The smallest absolute Gasteiger partial charge is 0.410 e. The summed E-state index contributed by atoms with van der Waals surface area (Å²) in [7, 11) is 0. The van der Waals surface area contributed by atoms with Crippen LogP contribution in [-0.2, 0) is 4.74 Å². The van der Waals surface area contributed by atoms with E-state index in [1.165, 1.54) is 75.1 Å². The molecule has 2 aliphatic rings. The van der Waals surface area contributed by atoms with Crippen molar-refractivity contribution < 1.29 is 18.3 Å². The maximum atomic E-state index is 13.2. The van der Waals surface area contributed by atoms with Crippen LogP contribution >= 0.6 is 34.8 Å². The number of carbonyl (C=O) groups excluding carboxylic acids is 1. The highest BCUT2D eigenvalue weighted by molar-refractivity contribution is 6.31. The third kappa shape index (κ3) is 14.1. The molecule has 0 radical (unpaired) electrons. The highest BCUT2D eigenvalue weighted by Gasteiger charge is 2.27. The molecule has 4 aromatic rings. The Labute approximate surface area is 318 Å². The predicted octanol–water partition coefficient (Wildman–Crippen LogP) is 9.76. The van der Waals surface area contributed by atoms with E-state index in [1.54, 1.807) is 17.0 Å². The highest BCUT2D eigenvalue weighted by atomic mass is 35.5. The van der Waals surface area contributed by atoms with Crippen molar-refractivity contribution in [1.82, 2.24) is 24.8 Å². The average molecular weight is 779 g/mol. The summed E-state index contributed by atoms with van der Waals surface area (Å²) in [6.07, 6.45) is 10.8. The number of halogens is 5. The van der Waals surface area contributed by atoms with Gasteiger partial charge < -0.3 is 31.3 Å². The molecule has 1 aliphatic heterocycles. The van der Waals surface area contributed by atoms with E-state index in [2.05, 4.69) is 35.9 Å². The number of nitrogens with two attached hydrogens (primary N) is 1. The van der Waals surface area contributed by atoms with Gasteiger partial charge in [0.15, 0.2) is 0 Å². The fourth-order valence-corrected chi connectivity index (χ4v) is 5.92. The number of hydrogen-bond donors (Lipinski definition) is 4. The first-order valence-electron chi connectivity index (χ1n) is 17.0. The van der Waals surface area contributed by atoms with E-state index < -0.39 is 17.2 Å². The van der Waals surface area contributed by atoms with Crippen molar-refractivity contribution in [2.24, 2.45) is 0 Å². The lowest BCUT2D eigenvalue weighted by Gasteiger charge is -2.34. The number of hydrogen-bond acceptors (Lipinski definition) is 10. The molecule has 11 nitrogen and oxygen atoms in total. The van der Waals surface area contributed by atoms with E-state index in [9.17, 15) is 13.6 Å². The minimum absolute atomic E-state index is 0.0648. The van der Waals surface area contributed by atoms with Gasteiger partial charge >= 0.3 is 6.09 Å². The monoisotopic (exact) mass is 777 g/mol. The van der Waals surface area contributed by atoms with Crippen molar-refractivity contribution in [2.45, 2.75) is 83.4 Å². The Kier molecular flexibility index (Phi) is 15.3. The molecule has 280 valence electrons. The molecular formula is C36H44Cl3F2N9O2. The molecule has 1 amide bonds. The van der Waals surface area contributed by atoms with Crippen molar-refractivity contribution in [2.75, 3.05) is 34.8 Å². The van der Waals surface area contributed by atoms with Crippen molar-refractivity contribution in [1.29, 1.82) is 0 Å². The molecule has 1 saturated heterocycles. The van der Waals surface area contributed by atoms with Gasteiger partial charge in [-0.1, -0.05) is 54.1 Å². The lowest BCUT2D eigenvalue weighted by atomic mass is 9.95. The molecule has 0 bridgehead atoms. The number of rotatable bonds is 6. The molecule has 2 aromatic carbocycles. The Bertz CT molecular complexity index is 1760. The van der Waals surface area contributed by atoms with Crippen LogP contribution in [0.5, 0.6) is 0 Å². The van der Waals surface area contributed by atoms with E-state index in [0.29, 0.717) is 40.8 Å². The second-order valence-electron chi connectivity index (χ2n) is 13.3. The van der Waals surface area contributed by atoms with Crippen LogP contribution in [0.1, 0.15) is 65.7 Å². The summed E-state index contributed by atoms with van der Waals surface area (Å²) in [6.45, 7) is 6.92. The molecule has 52 heavy (non-hydrogen) atoms. The van der Waals surface area contributed by atoms with Gasteiger partial charge in [0.25, 0.3) is 0 Å². The first-order chi connectivity index (χ1) is 24.7. The lowest BCUT2D eigenvalue weighted by Crippen LogP contribution is -2.47. The summed E-state index contributed by atoms with van der Waals surface area (Å²) in [4.78, 5) is 30.2. The zero-order chi connectivity index (χ0) is 37.7. The van der Waals surface area contributed by atoms with Gasteiger partial charge in [-0.2, -0.15) is 0 Å². The van der Waals surface area contributed by atoms with Gasteiger partial charge in [0.2, 0.25) is 0 Å². The Morgan fingerprint density at radius 2 is 1.38 bits per heavy atom. The predicted molar refractivity (Wildman–Crippen MR) is 205 cm³/mol. The quantitative estimate of drug-likeness (QED) is 0.110. The van der Waals surface area contributed by atoms with Crippen molar-refractivity contribution in [3.05, 3.63) is 88.0 Å². The number of likely N-dealkylation sites (tertiary alicyclic amines) is 1. The van der Waals surface area contributed by atoms with Crippen LogP contribution in [0, 0.1) is 11.6 Å². The molecular weight excluding hydrogens is 735 g/mol. The standard InChI is InChI=1S/C16H18ClFN4.C14H21ClN4O2.C6H5ClFN/c17-13-8-12(6-7-14(13)18)22-16-9-15(19-10-20-16)21-11-4-2-1-3-5-11;1-14(2,3)21-13(20)19-6-4-5-10(8-19)18-12-7-11(15)16-9-17-12;7-5-3-4(9)1-2-6(5)8/h6-11H,1-5H2,(H2,19,20,21,22);7,9-10H,4-6,8H2,1-3H3,(H,16,17,18);1-3H,9H2. The van der Waals surface area contributed by atoms with Crippen LogP contribution in [0.15, 0.2) is 61.2 Å². The van der Waals surface area contributed by atoms with E-state index in [0.717, 1.165) is 25.2 Å². The van der Waals surface area contributed by atoms with Gasteiger partial charge in [-0.3, -0.25) is 0 Å². The molecule has 1 aliphatic carbocycles. The van der Waals surface area contributed by atoms with Gasteiger partial charge in [-0.15, -0.1) is 0 Å². The average Bonchev–Trinajstić information content (AvgIpc) is 3.09. The van der Waals surface area contributed by atoms with E-state index in [1.807, 2.05) is 26.8 Å². The summed E-state index contributed by atoms with van der Waals surface area (Å²) in [6, 6.07) is 12.7. The number of nitrogens with one attached hydrogen (secondary N) is 3. The molecule has 2 fully saturated rings. The number of anilines is 5. The second-order valence-corrected chi connectivity index (χ2v) is 14.5. The van der Waals surface area contributed by atoms with Crippen LogP contribution < -0.4 is 21.7 Å². The summed E-state index contributed by atoms with van der Waals surface area (Å²) in [5, 5.41) is 10.4. The van der Waals surface area contributed by atoms with Crippen LogP contribution in [0.3, 0.4) is 0 Å². The Morgan fingerprint density at radius 1 is 0.788 bits per heavy atom. The molecule has 5 N–H and O–H groups in total. The number of piperidine rings is 1. The molecule has 2 aromatic heterocycles. The topological polar surface area (TPSA) is 143 Å². The Morgan fingerprint density at radius 3 is 2.02 bits per heavy atom. The van der Waals surface area contributed by atoms with E-state index in [4.69, 9.17) is 45.3 Å². The third-order valence-corrected chi connectivity index (χ3v) is 8.60. The SMILES string of the molecule is CC(C)(C)OC(=O)N1CCCC(Nc2cc(Cl)ncn2)C1.Fc1ccc(Nc2cc(NC3CCCCC3)ncn2)cc1Cl.Nc1ccc(F)c(Cl)c1. The Hall–Kier alpha value is -4.20. The summed E-state index contributed by atoms with van der Waals surface area (Å²) < 4.78 is 30.9. The number of carbonyl (C=O) groups is 1. The molecule has 1 atom stereocenters. The van der Waals surface area contributed by atoms with Gasteiger partial charge in [-0.25, -0.2) is 33.5 Å². The maximum absolute atomic E-state index is 13.2. The largest absolute Gasteiger partial charge is 0.444 e. The number of nitrogen functional groups attached to an aromatic ring is 1. The van der Waals surface area contributed by atoms with E-state index >= 15 is 0 Å². The first-order valence-corrected chi connectivity index (χ1v) is 18.1. The normalized spacial score (nSPS) is 16.0. The first kappa shape index (κ1) is 40.6. The molecule has 1 saturated carbocycles. The molecule has 0 spiro atoms. The molecule has 1 unspecified atom stereocenters. The number of ether oxygens (including phenoxy) is 1. The molecule has 16 heteroatoms. The fourth-order valence-electron chi connectivity index (χ4n) is 5.40. The van der Waals surface area contributed by atoms with Crippen molar-refractivity contribution in [3.8, 4) is 0 Å². The number of benzene rings is 2. The van der Waals surface area contributed by atoms with Crippen molar-refractivity contribution >= 4 is 69.7 Å². The van der Waals surface area contributed by atoms with Crippen molar-refractivity contribution in [3.63, 3.8) is 0 Å².